The number of fused-ring (bicyclic) bond motifs is 1. The second-order valence-electron chi connectivity index (χ2n) is 14.1. The molecule has 7 rings (SSSR count). The van der Waals surface area contributed by atoms with Crippen molar-refractivity contribution in [3.63, 3.8) is 0 Å². The topological polar surface area (TPSA) is 116 Å². The number of hydrogen-bond donors (Lipinski definition) is 3. The van der Waals surface area contributed by atoms with Gasteiger partial charge in [-0.3, -0.25) is 14.3 Å². The Labute approximate surface area is 309 Å². The van der Waals surface area contributed by atoms with Crippen LogP contribution >= 0.6 is 23.2 Å². The number of para-hydroxylation sites is 1. The van der Waals surface area contributed by atoms with Crippen LogP contribution in [0.1, 0.15) is 32.3 Å². The molecule has 1 unspecified atom stereocenters. The molecule has 14 heteroatoms. The maximum Gasteiger partial charge on any atom is 0.229 e. The Morgan fingerprint density at radius 3 is 2.51 bits per heavy atom. The zero-order valence-electron chi connectivity index (χ0n) is 30.0. The molecule has 4 aromatic rings. The molecular formula is C37H48BrN10O2P. The highest BCUT2D eigenvalue weighted by Gasteiger charge is 2.32. The number of piperidine rings is 1. The van der Waals surface area contributed by atoms with Crippen molar-refractivity contribution in [1.29, 1.82) is 0 Å². The number of ether oxygens (including phenoxy) is 1. The van der Waals surface area contributed by atoms with Crippen LogP contribution in [0.25, 0.3) is 17.2 Å². The highest BCUT2D eigenvalue weighted by atomic mass is 79.9. The number of anilines is 5. The Kier molecular flexibility index (Phi) is 10.4. The minimum atomic E-state index is -2.72. The van der Waals surface area contributed by atoms with Crippen LogP contribution in [0.5, 0.6) is 5.75 Å². The van der Waals surface area contributed by atoms with Crippen LogP contribution in [0.4, 0.5) is 28.8 Å². The quantitative estimate of drug-likeness (QED) is 0.147. The summed E-state index contributed by atoms with van der Waals surface area (Å²) in [6.07, 6.45) is 11.6. The van der Waals surface area contributed by atoms with Crippen molar-refractivity contribution >= 4 is 58.1 Å². The number of nitrogens with one attached hydrogen (secondary N) is 3. The SMILES string of the molecule is CC(C)Oc1cc(N2CCC(N3CCNCC3)CC2)c(-c2cnn(C)c2)cc1Nc1ncc(Br)c(NC2C=Cc3ccccc3N2P(C)(C)=O)n1. The first-order chi connectivity index (χ1) is 24.5. The van der Waals surface area contributed by atoms with Gasteiger partial charge in [-0.25, -0.2) is 4.98 Å². The van der Waals surface area contributed by atoms with Gasteiger partial charge in [0.1, 0.15) is 17.7 Å². The number of rotatable bonds is 10. The molecule has 0 radical (unpaired) electrons. The summed E-state index contributed by atoms with van der Waals surface area (Å²) in [7, 11) is -0.773. The van der Waals surface area contributed by atoms with E-state index in [1.807, 2.05) is 66.8 Å². The summed E-state index contributed by atoms with van der Waals surface area (Å²) in [5, 5.41) is 15.0. The third-order valence-electron chi connectivity index (χ3n) is 9.65. The lowest BCUT2D eigenvalue weighted by molar-refractivity contribution is 0.150. The number of aryl methyl sites for hydroxylation is 1. The van der Waals surface area contributed by atoms with Gasteiger partial charge in [0.05, 0.1) is 28.1 Å². The molecule has 2 fully saturated rings. The Morgan fingerprint density at radius 1 is 1.04 bits per heavy atom. The molecule has 12 nitrogen and oxygen atoms in total. The Bertz CT molecular complexity index is 1930. The molecule has 0 bridgehead atoms. The summed E-state index contributed by atoms with van der Waals surface area (Å²) >= 11 is 3.65. The van der Waals surface area contributed by atoms with Gasteiger partial charge < -0.3 is 30.2 Å². The molecule has 0 saturated carbocycles. The van der Waals surface area contributed by atoms with Crippen LogP contribution in [-0.4, -0.2) is 95.6 Å². The fourth-order valence-electron chi connectivity index (χ4n) is 7.31. The van der Waals surface area contributed by atoms with Crippen LogP contribution in [-0.2, 0) is 11.6 Å². The number of benzene rings is 2. The summed E-state index contributed by atoms with van der Waals surface area (Å²) in [5.41, 5.74) is 5.94. The number of halogens is 1. The standard InChI is InChI=1S/C37H48BrN10O2P/c1-25(2)50-34-21-33(47-16-12-28(13-17-47)46-18-14-39-15-19-46)29(27-22-41-45(3)24-27)20-31(34)42-37-40-23-30(38)36(44-37)43-35-11-10-26-8-6-7-9-32(26)48(35)51(4,5)49/h6-11,20-25,28,35,39H,12-19H2,1-5H3,(H2,40,42,43,44). The van der Waals surface area contributed by atoms with Gasteiger partial charge in [-0.2, -0.15) is 10.1 Å². The molecule has 2 saturated heterocycles. The van der Waals surface area contributed by atoms with E-state index in [9.17, 15) is 4.57 Å². The van der Waals surface area contributed by atoms with E-state index in [1.165, 1.54) is 0 Å². The van der Waals surface area contributed by atoms with Crippen LogP contribution < -0.4 is 30.3 Å². The summed E-state index contributed by atoms with van der Waals surface area (Å²) in [6, 6.07) is 12.9. The van der Waals surface area contributed by atoms with Crippen molar-refractivity contribution in [2.24, 2.45) is 7.05 Å². The van der Waals surface area contributed by atoms with E-state index in [1.54, 1.807) is 19.5 Å². The Morgan fingerprint density at radius 2 is 1.80 bits per heavy atom. The highest BCUT2D eigenvalue weighted by Crippen LogP contribution is 2.50. The molecule has 1 atom stereocenters. The number of piperazine rings is 1. The number of nitrogens with zero attached hydrogens (tertiary/aromatic N) is 7. The van der Waals surface area contributed by atoms with Gasteiger partial charge in [0.15, 0.2) is 7.29 Å². The zero-order chi connectivity index (χ0) is 35.7. The van der Waals surface area contributed by atoms with E-state index in [-0.39, 0.29) is 12.3 Å². The van der Waals surface area contributed by atoms with Gasteiger partial charge in [0.25, 0.3) is 0 Å². The fourth-order valence-corrected chi connectivity index (χ4v) is 9.05. The van der Waals surface area contributed by atoms with E-state index in [4.69, 9.17) is 9.72 Å². The zero-order valence-corrected chi connectivity index (χ0v) is 32.5. The lowest BCUT2D eigenvalue weighted by Gasteiger charge is -2.41. The predicted octanol–water partition coefficient (Wildman–Crippen LogP) is 6.85. The van der Waals surface area contributed by atoms with Crippen molar-refractivity contribution in [2.45, 2.75) is 45.0 Å². The molecule has 270 valence electrons. The average molecular weight is 776 g/mol. The van der Waals surface area contributed by atoms with Gasteiger partial charge >= 0.3 is 0 Å². The third-order valence-corrected chi connectivity index (χ3v) is 11.7. The van der Waals surface area contributed by atoms with Gasteiger partial charge in [-0.05, 0) is 66.4 Å². The monoisotopic (exact) mass is 774 g/mol. The van der Waals surface area contributed by atoms with Crippen molar-refractivity contribution in [2.75, 3.05) is 72.8 Å². The maximum absolute atomic E-state index is 13.6. The van der Waals surface area contributed by atoms with Crippen LogP contribution in [0.3, 0.4) is 0 Å². The van der Waals surface area contributed by atoms with Crippen LogP contribution in [0.2, 0.25) is 0 Å². The molecule has 2 aromatic carbocycles. The smallest absolute Gasteiger partial charge is 0.229 e. The molecule has 0 spiro atoms. The van der Waals surface area contributed by atoms with Crippen molar-refractivity contribution in [3.05, 3.63) is 71.1 Å². The first-order valence-electron chi connectivity index (χ1n) is 17.7. The number of hydrogen-bond acceptors (Lipinski definition) is 10. The molecule has 0 amide bonds. The van der Waals surface area contributed by atoms with E-state index < -0.39 is 7.29 Å². The minimum Gasteiger partial charge on any atom is -0.489 e. The lowest BCUT2D eigenvalue weighted by atomic mass is 9.98. The van der Waals surface area contributed by atoms with E-state index in [0.717, 1.165) is 91.6 Å². The van der Waals surface area contributed by atoms with Crippen molar-refractivity contribution < 1.29 is 9.30 Å². The van der Waals surface area contributed by atoms with Gasteiger partial charge in [-0.1, -0.05) is 24.3 Å². The Hall–Kier alpha value is -3.90. The first-order valence-corrected chi connectivity index (χ1v) is 21.1. The molecule has 5 heterocycles. The summed E-state index contributed by atoms with van der Waals surface area (Å²) in [6.45, 7) is 14.0. The Balaban J connectivity index is 1.19. The second-order valence-corrected chi connectivity index (χ2v) is 18.0. The highest BCUT2D eigenvalue weighted by molar-refractivity contribution is 9.10. The second kappa shape index (κ2) is 15.0. The molecule has 3 N–H and O–H groups in total. The van der Waals surface area contributed by atoms with E-state index >= 15 is 0 Å². The molecular weight excluding hydrogens is 727 g/mol. The molecule has 0 aliphatic carbocycles. The van der Waals surface area contributed by atoms with Crippen LogP contribution in [0, 0.1) is 0 Å². The normalized spacial score (nSPS) is 18.6. The van der Waals surface area contributed by atoms with E-state index in [2.05, 4.69) is 76.2 Å². The minimum absolute atomic E-state index is 0.0464. The fraction of sp³-hybridized carbons (Fsp3) is 0.432. The third kappa shape index (κ3) is 7.96. The molecule has 3 aliphatic rings. The predicted molar refractivity (Wildman–Crippen MR) is 212 cm³/mol. The lowest BCUT2D eigenvalue weighted by Crippen LogP contribution is -2.52. The molecule has 3 aliphatic heterocycles. The van der Waals surface area contributed by atoms with Crippen molar-refractivity contribution in [1.82, 2.24) is 30.0 Å². The largest absolute Gasteiger partial charge is 0.489 e. The first kappa shape index (κ1) is 35.5. The van der Waals surface area contributed by atoms with E-state index in [0.29, 0.717) is 22.3 Å². The summed E-state index contributed by atoms with van der Waals surface area (Å²) in [5.74, 6) is 1.70. The van der Waals surface area contributed by atoms with Gasteiger partial charge in [-0.15, -0.1) is 0 Å². The average Bonchev–Trinajstić information content (AvgIpc) is 3.55. The maximum atomic E-state index is 13.6. The summed E-state index contributed by atoms with van der Waals surface area (Å²) in [4.78, 5) is 14.7. The molecule has 2 aromatic heterocycles. The van der Waals surface area contributed by atoms with Gasteiger partial charge in [0.2, 0.25) is 5.95 Å². The van der Waals surface area contributed by atoms with Gasteiger partial charge in [0, 0.05) is 101 Å². The number of aromatic nitrogens is 4. The summed E-state index contributed by atoms with van der Waals surface area (Å²) < 4.78 is 24.5. The van der Waals surface area contributed by atoms with Crippen molar-refractivity contribution in [3.8, 4) is 16.9 Å². The molecule has 51 heavy (non-hydrogen) atoms. The van der Waals surface area contributed by atoms with Crippen LogP contribution in [0.15, 0.2) is 65.5 Å².